The Morgan fingerprint density at radius 3 is 2.54 bits per heavy atom. The van der Waals surface area contributed by atoms with Gasteiger partial charge in [0.25, 0.3) is 0 Å². The zero-order chi connectivity index (χ0) is 20.4. The van der Waals surface area contributed by atoms with Gasteiger partial charge >= 0.3 is 5.97 Å². The second-order valence-corrected chi connectivity index (χ2v) is 7.57. The predicted molar refractivity (Wildman–Crippen MR) is 120 cm³/mol. The fourth-order valence-corrected chi connectivity index (χ4v) is 3.53. The van der Waals surface area contributed by atoms with Crippen LogP contribution in [0.1, 0.15) is 17.2 Å². The first kappa shape index (κ1) is 22.9. The maximum Gasteiger partial charge on any atom is 0.343 e. The number of alkyl halides is 1. The van der Waals surface area contributed by atoms with Crippen molar-refractivity contribution in [1.29, 1.82) is 0 Å². The monoisotopic (exact) mass is 517 g/mol. The van der Waals surface area contributed by atoms with Gasteiger partial charge in [-0.1, -0.05) is 58.5 Å². The molecule has 28 heavy (non-hydrogen) atoms. The topological polar surface area (TPSA) is 56.8 Å². The van der Waals surface area contributed by atoms with E-state index in [2.05, 4.69) is 32.6 Å². The van der Waals surface area contributed by atoms with Crippen LogP contribution in [0.2, 0.25) is 5.02 Å². The molecule has 0 heterocycles. The Hall–Kier alpha value is -1.35. The molecule has 2 atom stereocenters. The lowest BCUT2D eigenvalue weighted by Gasteiger charge is -2.22. The molecule has 0 radical (unpaired) electrons. The van der Waals surface area contributed by atoms with Crippen molar-refractivity contribution in [2.75, 3.05) is 31.8 Å². The number of nitrogens with one attached hydrogen (secondary N) is 1. The molecule has 0 bridgehead atoms. The van der Waals surface area contributed by atoms with Crippen molar-refractivity contribution in [2.45, 2.75) is 18.6 Å². The summed E-state index contributed by atoms with van der Waals surface area (Å²) in [6.07, 6.45) is 0.824. The SMILES string of the molecule is COC(=O)COc1ccc(CC(CI)NCC(OC)c2cccc(Cl)c2)cc1. The number of methoxy groups -OCH3 is 2. The second-order valence-electron chi connectivity index (χ2n) is 6.25. The van der Waals surface area contributed by atoms with Gasteiger partial charge in [0.15, 0.2) is 6.61 Å². The zero-order valence-corrected chi connectivity index (χ0v) is 18.9. The van der Waals surface area contributed by atoms with Crippen LogP contribution in [0.4, 0.5) is 0 Å². The van der Waals surface area contributed by atoms with E-state index in [4.69, 9.17) is 21.1 Å². The molecule has 0 aliphatic rings. The Kier molecular flexibility index (Phi) is 10.0. The van der Waals surface area contributed by atoms with Crippen LogP contribution in [-0.4, -0.2) is 43.8 Å². The summed E-state index contributed by atoms with van der Waals surface area (Å²) in [5, 5.41) is 4.29. The number of benzene rings is 2. The molecule has 0 fully saturated rings. The Bertz CT molecular complexity index is 741. The average Bonchev–Trinajstić information content (AvgIpc) is 2.72. The van der Waals surface area contributed by atoms with Crippen LogP contribution >= 0.6 is 34.2 Å². The van der Waals surface area contributed by atoms with Crippen molar-refractivity contribution in [3.63, 3.8) is 0 Å². The van der Waals surface area contributed by atoms with Gasteiger partial charge in [-0.2, -0.15) is 0 Å². The highest BCUT2D eigenvalue weighted by Gasteiger charge is 2.14. The van der Waals surface area contributed by atoms with Gasteiger partial charge in [0.05, 0.1) is 13.2 Å². The number of hydrogen-bond donors (Lipinski definition) is 1. The van der Waals surface area contributed by atoms with Gasteiger partial charge in [-0.15, -0.1) is 0 Å². The summed E-state index contributed by atoms with van der Waals surface area (Å²) in [6, 6.07) is 15.8. The Morgan fingerprint density at radius 1 is 1.18 bits per heavy atom. The third-order valence-electron chi connectivity index (χ3n) is 4.27. The van der Waals surface area contributed by atoms with Crippen LogP contribution in [0.25, 0.3) is 0 Å². The first-order valence-electron chi connectivity index (χ1n) is 8.91. The molecule has 152 valence electrons. The molecule has 7 heteroatoms. The van der Waals surface area contributed by atoms with E-state index in [9.17, 15) is 4.79 Å². The number of hydrogen-bond acceptors (Lipinski definition) is 5. The van der Waals surface area contributed by atoms with E-state index in [1.807, 2.05) is 48.5 Å². The molecular formula is C21H25ClINO4. The maximum atomic E-state index is 11.1. The minimum absolute atomic E-state index is 0.0572. The quantitative estimate of drug-likeness (QED) is 0.275. The molecule has 2 unspecified atom stereocenters. The molecule has 2 rings (SSSR count). The summed E-state index contributed by atoms with van der Waals surface area (Å²) in [7, 11) is 3.05. The average molecular weight is 518 g/mol. The fraction of sp³-hybridized carbons (Fsp3) is 0.381. The van der Waals surface area contributed by atoms with Crippen LogP contribution in [-0.2, 0) is 20.7 Å². The number of halogens is 2. The van der Waals surface area contributed by atoms with Crippen LogP contribution in [0.5, 0.6) is 5.75 Å². The smallest absolute Gasteiger partial charge is 0.343 e. The van der Waals surface area contributed by atoms with Crippen molar-refractivity contribution in [2.24, 2.45) is 0 Å². The lowest BCUT2D eigenvalue weighted by molar-refractivity contribution is -0.142. The van der Waals surface area contributed by atoms with Gasteiger partial charge in [0.1, 0.15) is 5.75 Å². The maximum absolute atomic E-state index is 11.1. The van der Waals surface area contributed by atoms with E-state index in [1.165, 1.54) is 12.7 Å². The van der Waals surface area contributed by atoms with Gasteiger partial charge in [-0.3, -0.25) is 0 Å². The van der Waals surface area contributed by atoms with Gasteiger partial charge in [0.2, 0.25) is 0 Å². The van der Waals surface area contributed by atoms with E-state index in [1.54, 1.807) is 7.11 Å². The molecule has 2 aromatic rings. The molecule has 0 aliphatic carbocycles. The van der Waals surface area contributed by atoms with Crippen molar-refractivity contribution in [3.05, 3.63) is 64.7 Å². The molecule has 0 spiro atoms. The molecule has 2 aromatic carbocycles. The lowest BCUT2D eigenvalue weighted by Crippen LogP contribution is -2.36. The number of ether oxygens (including phenoxy) is 3. The largest absolute Gasteiger partial charge is 0.482 e. The third-order valence-corrected chi connectivity index (χ3v) is 5.57. The first-order chi connectivity index (χ1) is 13.5. The highest BCUT2D eigenvalue weighted by Crippen LogP contribution is 2.20. The number of carbonyl (C=O) groups excluding carboxylic acids is 1. The Balaban J connectivity index is 1.88. The first-order valence-corrected chi connectivity index (χ1v) is 10.8. The zero-order valence-electron chi connectivity index (χ0n) is 16.0. The molecule has 1 N–H and O–H groups in total. The summed E-state index contributed by atoms with van der Waals surface area (Å²) in [5.74, 6) is 0.249. The highest BCUT2D eigenvalue weighted by atomic mass is 127. The molecule has 0 saturated carbocycles. The van der Waals surface area contributed by atoms with Gasteiger partial charge in [-0.05, 0) is 41.8 Å². The van der Waals surface area contributed by atoms with Gasteiger partial charge in [0, 0.05) is 29.1 Å². The fourth-order valence-electron chi connectivity index (χ4n) is 2.71. The van der Waals surface area contributed by atoms with E-state index in [0.717, 1.165) is 16.4 Å². The molecule has 5 nitrogen and oxygen atoms in total. The van der Waals surface area contributed by atoms with Crippen molar-refractivity contribution in [3.8, 4) is 5.75 Å². The highest BCUT2D eigenvalue weighted by molar-refractivity contribution is 14.1. The van der Waals surface area contributed by atoms with E-state index in [-0.39, 0.29) is 12.7 Å². The molecule has 0 amide bonds. The summed E-state index contributed by atoms with van der Waals surface area (Å²) in [6.45, 7) is 0.612. The molecule has 0 aliphatic heterocycles. The van der Waals surface area contributed by atoms with Crippen molar-refractivity contribution in [1.82, 2.24) is 5.32 Å². The number of esters is 1. The minimum Gasteiger partial charge on any atom is -0.482 e. The Labute approximate surface area is 184 Å². The predicted octanol–water partition coefficient (Wildman–Crippen LogP) is 4.22. The van der Waals surface area contributed by atoms with Crippen molar-refractivity contribution >= 4 is 40.2 Å². The summed E-state index contributed by atoms with van der Waals surface area (Å²) < 4.78 is 16.5. The number of rotatable bonds is 11. The van der Waals surface area contributed by atoms with E-state index >= 15 is 0 Å². The lowest BCUT2D eigenvalue weighted by atomic mass is 10.1. The van der Waals surface area contributed by atoms with Crippen LogP contribution in [0, 0.1) is 0 Å². The van der Waals surface area contributed by atoms with Gasteiger partial charge in [-0.25, -0.2) is 4.79 Å². The normalized spacial score (nSPS) is 13.0. The second kappa shape index (κ2) is 12.3. The van der Waals surface area contributed by atoms with Crippen molar-refractivity contribution < 1.29 is 19.0 Å². The van der Waals surface area contributed by atoms with Crippen LogP contribution in [0.15, 0.2) is 48.5 Å². The van der Waals surface area contributed by atoms with E-state index < -0.39 is 5.97 Å². The van der Waals surface area contributed by atoms with Gasteiger partial charge < -0.3 is 19.5 Å². The molecule has 0 saturated heterocycles. The van der Waals surface area contributed by atoms with Crippen LogP contribution in [0.3, 0.4) is 0 Å². The standard InChI is InChI=1S/C21H25ClINO4/c1-26-20(16-4-3-5-17(22)11-16)13-24-18(12-23)10-15-6-8-19(9-7-15)28-14-21(25)27-2/h3-9,11,18,20,24H,10,12-14H2,1-2H3. The Morgan fingerprint density at radius 2 is 1.93 bits per heavy atom. The van der Waals surface area contributed by atoms with E-state index in [0.29, 0.717) is 23.4 Å². The third kappa shape index (κ3) is 7.58. The summed E-state index contributed by atoms with van der Waals surface area (Å²) in [5.41, 5.74) is 2.25. The summed E-state index contributed by atoms with van der Waals surface area (Å²) >= 11 is 8.48. The molecular weight excluding hydrogens is 493 g/mol. The summed E-state index contributed by atoms with van der Waals surface area (Å²) in [4.78, 5) is 11.1. The minimum atomic E-state index is -0.398. The molecule has 0 aromatic heterocycles. The number of carbonyl (C=O) groups is 1. The van der Waals surface area contributed by atoms with Crippen LogP contribution < -0.4 is 10.1 Å².